The zero-order chi connectivity index (χ0) is 33.0. The number of carbonyl (C=O) groups excluding carboxylic acids is 2. The van der Waals surface area contributed by atoms with Gasteiger partial charge in [-0.2, -0.15) is 0 Å². The Morgan fingerprint density at radius 2 is 1.08 bits per heavy atom. The Kier molecular flexibility index (Phi) is 9.15. The molecule has 3 aliphatic carbocycles. The largest absolute Gasteiger partial charge is 0.490 e. The SMILES string of the molecule is C=CCOc1ccc(C(=O)Oc2ccccc2C2CC3C4CC(c5ccccc5OC(=O)c5ccc(OCC=C)cc5)C(C4)C3C2)cc1. The second-order valence-corrected chi connectivity index (χ2v) is 13.1. The molecule has 2 bridgehead atoms. The Morgan fingerprint density at radius 1 is 0.583 bits per heavy atom. The van der Waals surface area contributed by atoms with E-state index in [9.17, 15) is 9.59 Å². The molecule has 3 aliphatic rings. The Morgan fingerprint density at radius 3 is 1.65 bits per heavy atom. The second-order valence-electron chi connectivity index (χ2n) is 13.1. The molecule has 7 rings (SSSR count). The molecule has 0 spiro atoms. The van der Waals surface area contributed by atoms with Crippen LogP contribution < -0.4 is 18.9 Å². The molecule has 0 heterocycles. The van der Waals surface area contributed by atoms with Crippen molar-refractivity contribution in [2.24, 2.45) is 23.7 Å². The van der Waals surface area contributed by atoms with E-state index in [1.807, 2.05) is 36.4 Å². The van der Waals surface area contributed by atoms with Crippen molar-refractivity contribution in [2.75, 3.05) is 13.2 Å². The van der Waals surface area contributed by atoms with Gasteiger partial charge in [-0.25, -0.2) is 9.59 Å². The number of benzene rings is 4. The fraction of sp³-hybridized carbons (Fsp3) is 0.286. The van der Waals surface area contributed by atoms with Crippen LogP contribution in [0.25, 0.3) is 0 Å². The van der Waals surface area contributed by atoms with E-state index in [1.165, 1.54) is 6.42 Å². The van der Waals surface area contributed by atoms with E-state index in [1.54, 1.807) is 60.7 Å². The molecule has 0 saturated heterocycles. The van der Waals surface area contributed by atoms with Crippen LogP contribution in [-0.2, 0) is 0 Å². The van der Waals surface area contributed by atoms with Gasteiger partial charge in [0.25, 0.3) is 0 Å². The molecule has 6 atom stereocenters. The summed E-state index contributed by atoms with van der Waals surface area (Å²) in [6.45, 7) is 8.15. The lowest BCUT2D eigenvalue weighted by Gasteiger charge is -2.32. The third kappa shape index (κ3) is 6.40. The summed E-state index contributed by atoms with van der Waals surface area (Å²) in [5, 5.41) is 0. The molecule has 6 nitrogen and oxygen atoms in total. The molecule has 3 saturated carbocycles. The standard InChI is InChI=1S/C42H40O6/c1-3-21-45-31-17-13-27(14-18-31)41(43)47-39-11-7-5-9-33(39)29-23-35-30-25-36(38(26-30)37(35)24-29)34-10-6-8-12-40(34)48-42(44)28-15-19-32(20-16-28)46-22-4-2/h3-20,29-30,35-38H,1-2,21-26H2. The summed E-state index contributed by atoms with van der Waals surface area (Å²) in [5.41, 5.74) is 3.20. The number of hydrogen-bond donors (Lipinski definition) is 0. The van der Waals surface area contributed by atoms with Gasteiger partial charge in [-0.1, -0.05) is 61.7 Å². The van der Waals surface area contributed by atoms with Gasteiger partial charge in [0, 0.05) is 0 Å². The van der Waals surface area contributed by atoms with Crippen LogP contribution in [-0.4, -0.2) is 25.2 Å². The van der Waals surface area contributed by atoms with Gasteiger partial charge in [-0.05, 0) is 133 Å². The first-order chi connectivity index (χ1) is 23.5. The van der Waals surface area contributed by atoms with E-state index in [4.69, 9.17) is 18.9 Å². The Hall–Kier alpha value is -5.10. The van der Waals surface area contributed by atoms with Crippen molar-refractivity contribution in [1.29, 1.82) is 0 Å². The summed E-state index contributed by atoms with van der Waals surface area (Å²) >= 11 is 0. The van der Waals surface area contributed by atoms with Crippen LogP contribution in [0.1, 0.15) is 69.4 Å². The van der Waals surface area contributed by atoms with Gasteiger partial charge >= 0.3 is 11.9 Å². The fourth-order valence-corrected chi connectivity index (χ4v) is 8.48. The molecule has 6 heteroatoms. The highest BCUT2D eigenvalue weighted by Gasteiger charge is 2.56. The number of hydrogen-bond acceptors (Lipinski definition) is 6. The lowest BCUT2D eigenvalue weighted by atomic mass is 9.73. The van der Waals surface area contributed by atoms with Crippen LogP contribution in [0.3, 0.4) is 0 Å². The van der Waals surface area contributed by atoms with Crippen molar-refractivity contribution in [3.8, 4) is 23.0 Å². The number of fused-ring (bicyclic) bond motifs is 5. The van der Waals surface area contributed by atoms with Crippen molar-refractivity contribution < 1.29 is 28.5 Å². The summed E-state index contributed by atoms with van der Waals surface area (Å²) in [7, 11) is 0. The molecule has 6 unspecified atom stereocenters. The maximum Gasteiger partial charge on any atom is 0.343 e. The second kappa shape index (κ2) is 13.9. The van der Waals surface area contributed by atoms with Crippen LogP contribution >= 0.6 is 0 Å². The lowest BCUT2D eigenvalue weighted by Crippen LogP contribution is -2.23. The van der Waals surface area contributed by atoms with Gasteiger partial charge in [0.2, 0.25) is 0 Å². The molecular weight excluding hydrogens is 600 g/mol. The predicted molar refractivity (Wildman–Crippen MR) is 185 cm³/mol. The maximum absolute atomic E-state index is 13.2. The lowest BCUT2D eigenvalue weighted by molar-refractivity contribution is 0.0722. The predicted octanol–water partition coefficient (Wildman–Crippen LogP) is 9.19. The zero-order valence-electron chi connectivity index (χ0n) is 27.0. The van der Waals surface area contributed by atoms with Gasteiger partial charge in [-0.3, -0.25) is 0 Å². The highest BCUT2D eigenvalue weighted by Crippen LogP contribution is 2.66. The average molecular weight is 641 g/mol. The average Bonchev–Trinajstić information content (AvgIpc) is 3.84. The van der Waals surface area contributed by atoms with Crippen molar-refractivity contribution in [3.63, 3.8) is 0 Å². The van der Waals surface area contributed by atoms with Crippen LogP contribution in [0.15, 0.2) is 122 Å². The van der Waals surface area contributed by atoms with Gasteiger partial charge < -0.3 is 18.9 Å². The number of ether oxygens (including phenoxy) is 4. The molecule has 3 fully saturated rings. The van der Waals surface area contributed by atoms with Crippen molar-refractivity contribution in [2.45, 2.75) is 37.5 Å². The van der Waals surface area contributed by atoms with Gasteiger partial charge in [0.05, 0.1) is 11.1 Å². The first-order valence-electron chi connectivity index (χ1n) is 16.8. The third-order valence-electron chi connectivity index (χ3n) is 10.5. The first-order valence-corrected chi connectivity index (χ1v) is 16.8. The van der Waals surface area contributed by atoms with E-state index in [0.717, 1.165) is 30.4 Å². The molecule has 0 aromatic heterocycles. The highest BCUT2D eigenvalue weighted by atomic mass is 16.5. The van der Waals surface area contributed by atoms with E-state index in [2.05, 4.69) is 25.3 Å². The molecule has 0 radical (unpaired) electrons. The topological polar surface area (TPSA) is 71.1 Å². The normalized spacial score (nSPS) is 23.6. The maximum atomic E-state index is 13.2. The summed E-state index contributed by atoms with van der Waals surface area (Å²) in [6.07, 6.45) is 7.85. The number of esters is 2. The minimum atomic E-state index is -0.376. The van der Waals surface area contributed by atoms with Crippen LogP contribution in [0.5, 0.6) is 23.0 Å². The Balaban J connectivity index is 1.03. The Labute approximate surface area is 282 Å². The van der Waals surface area contributed by atoms with E-state index in [0.29, 0.717) is 82.8 Å². The monoisotopic (exact) mass is 640 g/mol. The third-order valence-corrected chi connectivity index (χ3v) is 10.5. The molecule has 0 N–H and O–H groups in total. The quantitative estimate of drug-likeness (QED) is 0.0874. The molecule has 4 aromatic rings. The number of para-hydroxylation sites is 2. The van der Waals surface area contributed by atoms with Crippen molar-refractivity contribution in [1.82, 2.24) is 0 Å². The highest BCUT2D eigenvalue weighted by molar-refractivity contribution is 5.92. The zero-order valence-corrected chi connectivity index (χ0v) is 27.0. The van der Waals surface area contributed by atoms with E-state index < -0.39 is 0 Å². The van der Waals surface area contributed by atoms with Crippen LogP contribution in [0, 0.1) is 23.7 Å². The van der Waals surface area contributed by atoms with Crippen LogP contribution in [0.4, 0.5) is 0 Å². The van der Waals surface area contributed by atoms with E-state index >= 15 is 0 Å². The number of carbonyl (C=O) groups is 2. The summed E-state index contributed by atoms with van der Waals surface area (Å²) < 4.78 is 23.1. The molecule has 0 amide bonds. The summed E-state index contributed by atoms with van der Waals surface area (Å²) in [6, 6.07) is 30.0. The van der Waals surface area contributed by atoms with Gasteiger partial charge in [0.1, 0.15) is 36.2 Å². The molecule has 4 aromatic carbocycles. The molecule has 0 aliphatic heterocycles. The van der Waals surface area contributed by atoms with Crippen molar-refractivity contribution in [3.05, 3.63) is 145 Å². The minimum Gasteiger partial charge on any atom is -0.490 e. The fourth-order valence-electron chi connectivity index (χ4n) is 8.48. The minimum absolute atomic E-state index is 0.328. The smallest absolute Gasteiger partial charge is 0.343 e. The first kappa shape index (κ1) is 31.5. The van der Waals surface area contributed by atoms with Crippen molar-refractivity contribution >= 4 is 11.9 Å². The Bertz CT molecular complexity index is 1790. The molecule has 244 valence electrons. The van der Waals surface area contributed by atoms with E-state index in [-0.39, 0.29) is 11.9 Å². The van der Waals surface area contributed by atoms with Crippen LogP contribution in [0.2, 0.25) is 0 Å². The van der Waals surface area contributed by atoms with Gasteiger partial charge in [0.15, 0.2) is 0 Å². The summed E-state index contributed by atoms with van der Waals surface area (Å²) in [4.78, 5) is 26.3. The molecule has 48 heavy (non-hydrogen) atoms. The molecular formula is C42H40O6. The summed E-state index contributed by atoms with van der Waals surface area (Å²) in [5.74, 6) is 4.98. The number of rotatable bonds is 12. The van der Waals surface area contributed by atoms with Gasteiger partial charge in [-0.15, -0.1) is 0 Å².